The van der Waals surface area contributed by atoms with Crippen molar-refractivity contribution < 1.29 is 14.3 Å². The van der Waals surface area contributed by atoms with Gasteiger partial charge in [-0.25, -0.2) is 4.79 Å². The zero-order valence-electron chi connectivity index (χ0n) is 12.4. The lowest BCUT2D eigenvalue weighted by Crippen LogP contribution is -2.38. The van der Waals surface area contributed by atoms with Gasteiger partial charge in [0.1, 0.15) is 5.00 Å². The van der Waals surface area contributed by atoms with Crippen LogP contribution in [-0.2, 0) is 9.53 Å². The Hall–Kier alpha value is -1.40. The fraction of sp³-hybridized carbons (Fsp3) is 0.571. The first-order chi connectivity index (χ1) is 9.25. The minimum atomic E-state index is -0.427. The number of hydrogen-bond acceptors (Lipinski definition) is 5. The second-order valence-electron chi connectivity index (χ2n) is 5.61. The van der Waals surface area contributed by atoms with E-state index in [-0.39, 0.29) is 23.8 Å². The molecule has 5 nitrogen and oxygen atoms in total. The standard InChI is InChI=1S/C14H22N2O3S/c1-5-19-13(18)9-6-7-20-12(9)16-11(17)8-10(15)14(2,3)4/h6-7,10H,5,8,15H2,1-4H3,(H,16,17). The largest absolute Gasteiger partial charge is 0.462 e. The molecule has 0 radical (unpaired) electrons. The van der Waals surface area contributed by atoms with Gasteiger partial charge in [-0.3, -0.25) is 4.79 Å². The molecule has 3 N–H and O–H groups in total. The summed E-state index contributed by atoms with van der Waals surface area (Å²) in [5.74, 6) is -0.621. The highest BCUT2D eigenvalue weighted by Crippen LogP contribution is 2.25. The molecule has 0 spiro atoms. The van der Waals surface area contributed by atoms with Crippen LogP contribution in [0.2, 0.25) is 0 Å². The van der Waals surface area contributed by atoms with Crippen molar-refractivity contribution in [1.82, 2.24) is 0 Å². The number of nitrogens with one attached hydrogen (secondary N) is 1. The van der Waals surface area contributed by atoms with E-state index in [1.54, 1.807) is 18.4 Å². The summed E-state index contributed by atoms with van der Waals surface area (Å²) in [5, 5.41) is 4.98. The highest BCUT2D eigenvalue weighted by molar-refractivity contribution is 7.14. The number of nitrogens with two attached hydrogens (primary N) is 1. The fourth-order valence-electron chi connectivity index (χ4n) is 1.46. The van der Waals surface area contributed by atoms with Gasteiger partial charge in [-0.15, -0.1) is 11.3 Å². The molecule has 1 atom stereocenters. The third-order valence-electron chi connectivity index (χ3n) is 2.93. The third-order valence-corrected chi connectivity index (χ3v) is 3.76. The third kappa shape index (κ3) is 4.61. The van der Waals surface area contributed by atoms with Crippen LogP contribution in [0.15, 0.2) is 11.4 Å². The lowest BCUT2D eigenvalue weighted by molar-refractivity contribution is -0.117. The molecule has 1 amide bonds. The second-order valence-corrected chi connectivity index (χ2v) is 6.52. The van der Waals surface area contributed by atoms with E-state index in [1.165, 1.54) is 11.3 Å². The van der Waals surface area contributed by atoms with Crippen molar-refractivity contribution in [2.75, 3.05) is 11.9 Å². The predicted octanol–water partition coefficient (Wildman–Crippen LogP) is 2.63. The lowest BCUT2D eigenvalue weighted by atomic mass is 9.85. The Balaban J connectivity index is 2.68. The Kier molecular flexibility index (Phi) is 5.71. The number of anilines is 1. The van der Waals surface area contributed by atoms with E-state index in [0.29, 0.717) is 17.2 Å². The highest BCUT2D eigenvalue weighted by Gasteiger charge is 2.24. The molecule has 1 unspecified atom stereocenters. The summed E-state index contributed by atoms with van der Waals surface area (Å²) in [5.41, 5.74) is 6.22. The van der Waals surface area contributed by atoms with Gasteiger partial charge in [-0.05, 0) is 23.8 Å². The molecule has 0 bridgehead atoms. The molecule has 1 rings (SSSR count). The van der Waals surface area contributed by atoms with E-state index in [0.717, 1.165) is 0 Å². The molecule has 1 aromatic rings. The van der Waals surface area contributed by atoms with Gasteiger partial charge in [0, 0.05) is 12.5 Å². The van der Waals surface area contributed by atoms with Crippen LogP contribution in [0.1, 0.15) is 44.5 Å². The fourth-order valence-corrected chi connectivity index (χ4v) is 2.25. The van der Waals surface area contributed by atoms with Crippen molar-refractivity contribution in [2.24, 2.45) is 11.1 Å². The van der Waals surface area contributed by atoms with Gasteiger partial charge in [0.2, 0.25) is 5.91 Å². The van der Waals surface area contributed by atoms with Gasteiger partial charge in [0.25, 0.3) is 0 Å². The molecule has 0 aliphatic heterocycles. The molecule has 20 heavy (non-hydrogen) atoms. The average Bonchev–Trinajstić information content (AvgIpc) is 2.75. The molecule has 0 saturated heterocycles. The molecular formula is C14H22N2O3S. The summed E-state index contributed by atoms with van der Waals surface area (Å²) in [6, 6.07) is 1.40. The Morgan fingerprint density at radius 1 is 1.45 bits per heavy atom. The van der Waals surface area contributed by atoms with Crippen LogP contribution in [0.3, 0.4) is 0 Å². The van der Waals surface area contributed by atoms with Crippen molar-refractivity contribution in [3.8, 4) is 0 Å². The SMILES string of the molecule is CCOC(=O)c1ccsc1NC(=O)CC(N)C(C)(C)C. The molecular weight excluding hydrogens is 276 g/mol. The van der Waals surface area contributed by atoms with Crippen molar-refractivity contribution in [3.05, 3.63) is 17.0 Å². The summed E-state index contributed by atoms with van der Waals surface area (Å²) < 4.78 is 4.94. The minimum absolute atomic E-state index is 0.142. The van der Waals surface area contributed by atoms with E-state index in [9.17, 15) is 9.59 Å². The maximum atomic E-state index is 12.0. The smallest absolute Gasteiger partial charge is 0.341 e. The molecule has 0 aliphatic rings. The van der Waals surface area contributed by atoms with Crippen LogP contribution in [0.4, 0.5) is 5.00 Å². The van der Waals surface area contributed by atoms with Gasteiger partial charge >= 0.3 is 5.97 Å². The molecule has 1 heterocycles. The first-order valence-electron chi connectivity index (χ1n) is 6.55. The summed E-state index contributed by atoms with van der Waals surface area (Å²) in [4.78, 5) is 23.7. The first-order valence-corrected chi connectivity index (χ1v) is 7.43. The van der Waals surface area contributed by atoms with Crippen molar-refractivity contribution >= 4 is 28.2 Å². The van der Waals surface area contributed by atoms with Gasteiger partial charge in [0.05, 0.1) is 12.2 Å². The molecule has 0 aromatic carbocycles. The van der Waals surface area contributed by atoms with Crippen molar-refractivity contribution in [3.63, 3.8) is 0 Å². The molecule has 0 fully saturated rings. The van der Waals surface area contributed by atoms with Crippen LogP contribution in [0, 0.1) is 5.41 Å². The second kappa shape index (κ2) is 6.85. The number of rotatable bonds is 5. The van der Waals surface area contributed by atoms with Gasteiger partial charge in [-0.1, -0.05) is 20.8 Å². The number of ether oxygens (including phenoxy) is 1. The van der Waals surface area contributed by atoms with Crippen LogP contribution in [-0.4, -0.2) is 24.5 Å². The van der Waals surface area contributed by atoms with E-state index in [2.05, 4.69) is 5.32 Å². The quantitative estimate of drug-likeness (QED) is 0.819. The van der Waals surface area contributed by atoms with Gasteiger partial charge in [-0.2, -0.15) is 0 Å². The monoisotopic (exact) mass is 298 g/mol. The van der Waals surface area contributed by atoms with E-state index in [1.807, 2.05) is 20.8 Å². The Labute approximate surface area is 123 Å². The number of carbonyl (C=O) groups is 2. The maximum absolute atomic E-state index is 12.0. The molecule has 6 heteroatoms. The van der Waals surface area contributed by atoms with Crippen molar-refractivity contribution in [2.45, 2.75) is 40.2 Å². The van der Waals surface area contributed by atoms with Crippen LogP contribution >= 0.6 is 11.3 Å². The van der Waals surface area contributed by atoms with Gasteiger partial charge < -0.3 is 15.8 Å². The van der Waals surface area contributed by atoms with E-state index < -0.39 is 5.97 Å². The number of amides is 1. The Morgan fingerprint density at radius 2 is 2.10 bits per heavy atom. The molecule has 112 valence electrons. The molecule has 0 aliphatic carbocycles. The summed E-state index contributed by atoms with van der Waals surface area (Å²) in [6.07, 6.45) is 0.212. The number of hydrogen-bond donors (Lipinski definition) is 2. The highest BCUT2D eigenvalue weighted by atomic mass is 32.1. The molecule has 0 saturated carbocycles. The average molecular weight is 298 g/mol. The topological polar surface area (TPSA) is 81.4 Å². The van der Waals surface area contributed by atoms with Crippen molar-refractivity contribution in [1.29, 1.82) is 0 Å². The Bertz CT molecular complexity index is 477. The van der Waals surface area contributed by atoms with E-state index in [4.69, 9.17) is 10.5 Å². The van der Waals surface area contributed by atoms with E-state index >= 15 is 0 Å². The van der Waals surface area contributed by atoms with Crippen LogP contribution in [0.25, 0.3) is 0 Å². The zero-order valence-corrected chi connectivity index (χ0v) is 13.2. The normalized spacial score (nSPS) is 12.8. The summed E-state index contributed by atoms with van der Waals surface area (Å²) in [6.45, 7) is 8.00. The number of esters is 1. The molecule has 1 aromatic heterocycles. The van der Waals surface area contributed by atoms with Crippen LogP contribution in [0.5, 0.6) is 0 Å². The summed E-state index contributed by atoms with van der Waals surface area (Å²) in [7, 11) is 0. The minimum Gasteiger partial charge on any atom is -0.462 e. The lowest BCUT2D eigenvalue weighted by Gasteiger charge is -2.26. The number of thiophene rings is 1. The summed E-state index contributed by atoms with van der Waals surface area (Å²) >= 11 is 1.29. The van der Waals surface area contributed by atoms with Gasteiger partial charge in [0.15, 0.2) is 0 Å². The predicted molar refractivity (Wildman–Crippen MR) is 81.0 cm³/mol. The Morgan fingerprint density at radius 3 is 2.65 bits per heavy atom. The first kappa shape index (κ1) is 16.7. The van der Waals surface area contributed by atoms with Crippen LogP contribution < -0.4 is 11.1 Å². The zero-order chi connectivity index (χ0) is 15.3. The maximum Gasteiger partial charge on any atom is 0.341 e. The number of carbonyl (C=O) groups excluding carboxylic acids is 2.